The van der Waals surface area contributed by atoms with E-state index < -0.39 is 0 Å². The van der Waals surface area contributed by atoms with Crippen LogP contribution in [0.4, 0.5) is 0 Å². The number of unbranched alkanes of at least 4 members (excludes halogenated alkanes) is 4. The molecule has 2 heterocycles. The minimum atomic E-state index is -0.0763. The van der Waals surface area contributed by atoms with Gasteiger partial charge in [0.1, 0.15) is 0 Å². The van der Waals surface area contributed by atoms with Crippen LogP contribution in [0.15, 0.2) is 121 Å². The van der Waals surface area contributed by atoms with Gasteiger partial charge in [0.25, 0.3) is 11.8 Å². The van der Waals surface area contributed by atoms with Crippen LogP contribution < -0.4 is 10.6 Å². The van der Waals surface area contributed by atoms with Crippen molar-refractivity contribution in [3.63, 3.8) is 0 Å². The van der Waals surface area contributed by atoms with Crippen molar-refractivity contribution in [2.24, 2.45) is 0 Å². The lowest BCUT2D eigenvalue weighted by Gasteiger charge is -2.11. The highest BCUT2D eigenvalue weighted by molar-refractivity contribution is 6.08. The fraction of sp³-hybridized carbons (Fsp3) is 0.179. The molecule has 45 heavy (non-hydrogen) atoms. The lowest BCUT2D eigenvalue weighted by Crippen LogP contribution is -2.25. The van der Waals surface area contributed by atoms with Crippen LogP contribution in [0.5, 0.6) is 0 Å². The summed E-state index contributed by atoms with van der Waals surface area (Å²) in [4.78, 5) is 36.0. The normalized spacial score (nSPS) is 11.0. The van der Waals surface area contributed by atoms with E-state index in [1.165, 1.54) is 0 Å². The van der Waals surface area contributed by atoms with E-state index in [2.05, 4.69) is 10.6 Å². The van der Waals surface area contributed by atoms with Crippen molar-refractivity contribution in [2.75, 3.05) is 13.1 Å². The second kappa shape index (κ2) is 14.4. The molecular formula is C39H36N4O2. The van der Waals surface area contributed by atoms with Crippen molar-refractivity contribution < 1.29 is 9.59 Å². The molecule has 6 nitrogen and oxygen atoms in total. The number of benzene rings is 4. The van der Waals surface area contributed by atoms with Crippen molar-refractivity contribution in [1.29, 1.82) is 0 Å². The second-order valence-electron chi connectivity index (χ2n) is 11.2. The zero-order valence-corrected chi connectivity index (χ0v) is 25.2. The lowest BCUT2D eigenvalue weighted by atomic mass is 10.0. The molecule has 0 spiro atoms. The molecule has 0 aliphatic carbocycles. The number of para-hydroxylation sites is 2. The van der Waals surface area contributed by atoms with E-state index >= 15 is 0 Å². The average Bonchev–Trinajstić information content (AvgIpc) is 3.10. The van der Waals surface area contributed by atoms with Crippen LogP contribution in [0.25, 0.3) is 44.3 Å². The van der Waals surface area contributed by atoms with E-state index in [1.807, 2.05) is 121 Å². The molecule has 6 aromatic rings. The van der Waals surface area contributed by atoms with Crippen LogP contribution in [-0.4, -0.2) is 34.9 Å². The Hall–Kier alpha value is -5.36. The first kappa shape index (κ1) is 29.7. The number of carbonyl (C=O) groups excluding carboxylic acids is 2. The van der Waals surface area contributed by atoms with Gasteiger partial charge in [-0.2, -0.15) is 0 Å². The Morgan fingerprint density at radius 1 is 0.467 bits per heavy atom. The number of nitrogens with zero attached hydrogens (tertiary/aromatic N) is 2. The summed E-state index contributed by atoms with van der Waals surface area (Å²) < 4.78 is 0. The predicted octanol–water partition coefficient (Wildman–Crippen LogP) is 8.23. The number of rotatable bonds is 12. The third-order valence-electron chi connectivity index (χ3n) is 7.99. The number of fused-ring (bicyclic) bond motifs is 2. The van der Waals surface area contributed by atoms with E-state index in [4.69, 9.17) is 9.97 Å². The maximum Gasteiger partial charge on any atom is 0.252 e. The lowest BCUT2D eigenvalue weighted by molar-refractivity contribution is 0.0947. The number of aromatic nitrogens is 2. The van der Waals surface area contributed by atoms with Gasteiger partial charge in [0.2, 0.25) is 0 Å². The maximum atomic E-state index is 13.2. The molecule has 0 bridgehead atoms. The van der Waals surface area contributed by atoms with Crippen LogP contribution in [0.3, 0.4) is 0 Å². The van der Waals surface area contributed by atoms with Crippen molar-refractivity contribution in [3.05, 3.63) is 132 Å². The van der Waals surface area contributed by atoms with E-state index in [9.17, 15) is 9.59 Å². The van der Waals surface area contributed by atoms with Crippen LogP contribution in [0, 0.1) is 0 Å². The minimum Gasteiger partial charge on any atom is -0.352 e. The molecule has 2 amide bonds. The number of hydrogen-bond donors (Lipinski definition) is 2. The summed E-state index contributed by atoms with van der Waals surface area (Å²) in [5, 5.41) is 7.92. The number of carbonyl (C=O) groups is 2. The molecular weight excluding hydrogens is 556 g/mol. The first-order valence-corrected chi connectivity index (χ1v) is 15.6. The molecule has 4 aromatic carbocycles. The van der Waals surface area contributed by atoms with Gasteiger partial charge in [-0.3, -0.25) is 9.59 Å². The molecule has 0 saturated carbocycles. The van der Waals surface area contributed by atoms with E-state index in [1.54, 1.807) is 0 Å². The van der Waals surface area contributed by atoms with Crippen LogP contribution in [0.1, 0.15) is 52.8 Å². The molecule has 0 atom stereocenters. The Morgan fingerprint density at radius 3 is 1.29 bits per heavy atom. The number of amides is 2. The summed E-state index contributed by atoms with van der Waals surface area (Å²) in [6, 6.07) is 39.2. The predicted molar refractivity (Wildman–Crippen MR) is 182 cm³/mol. The third kappa shape index (κ3) is 7.24. The van der Waals surface area contributed by atoms with Crippen LogP contribution >= 0.6 is 0 Å². The summed E-state index contributed by atoms with van der Waals surface area (Å²) in [5.41, 5.74) is 6.47. The van der Waals surface area contributed by atoms with E-state index in [-0.39, 0.29) is 11.8 Å². The summed E-state index contributed by atoms with van der Waals surface area (Å²) in [5.74, 6) is -0.153. The second-order valence-corrected chi connectivity index (χ2v) is 11.2. The summed E-state index contributed by atoms with van der Waals surface area (Å²) in [6.45, 7) is 1.23. The highest BCUT2D eigenvalue weighted by Gasteiger charge is 2.15. The average molecular weight is 593 g/mol. The van der Waals surface area contributed by atoms with Gasteiger partial charge in [0.05, 0.1) is 33.5 Å². The maximum absolute atomic E-state index is 13.2. The molecule has 0 saturated heterocycles. The molecule has 0 fully saturated rings. The summed E-state index contributed by atoms with van der Waals surface area (Å²) in [7, 11) is 0. The van der Waals surface area contributed by atoms with Crippen molar-refractivity contribution >= 4 is 33.6 Å². The molecule has 0 radical (unpaired) electrons. The van der Waals surface area contributed by atoms with Gasteiger partial charge < -0.3 is 10.6 Å². The quantitative estimate of drug-likeness (QED) is 0.140. The van der Waals surface area contributed by atoms with Crippen molar-refractivity contribution in [3.8, 4) is 22.5 Å². The molecule has 0 aliphatic rings. The monoisotopic (exact) mass is 592 g/mol. The van der Waals surface area contributed by atoms with Crippen LogP contribution in [0.2, 0.25) is 0 Å². The number of hydrogen-bond acceptors (Lipinski definition) is 4. The standard InChI is InChI=1S/C39H36N4O2/c44-38(32-26-36(28-16-6-4-7-17-28)42-34-22-12-10-20-30(32)34)40-24-14-2-1-3-15-25-41-39(45)33-27-37(29-18-8-5-9-19-29)43-35-23-13-11-21-31(33)35/h4-13,16-23,26-27H,1-3,14-15,24-25H2,(H,40,44)(H,41,45). The summed E-state index contributed by atoms with van der Waals surface area (Å²) >= 11 is 0. The fourth-order valence-electron chi connectivity index (χ4n) is 5.61. The van der Waals surface area contributed by atoms with Gasteiger partial charge >= 0.3 is 0 Å². The van der Waals surface area contributed by atoms with Gasteiger partial charge in [-0.1, -0.05) is 116 Å². The highest BCUT2D eigenvalue weighted by Crippen LogP contribution is 2.26. The fourth-order valence-corrected chi connectivity index (χ4v) is 5.61. The molecule has 0 unspecified atom stereocenters. The van der Waals surface area contributed by atoms with E-state index in [0.29, 0.717) is 24.2 Å². The minimum absolute atomic E-state index is 0.0763. The zero-order valence-electron chi connectivity index (χ0n) is 25.2. The van der Waals surface area contributed by atoms with Gasteiger partial charge in [0, 0.05) is 35.0 Å². The Kier molecular flexibility index (Phi) is 9.51. The van der Waals surface area contributed by atoms with Crippen molar-refractivity contribution in [1.82, 2.24) is 20.6 Å². The topological polar surface area (TPSA) is 84.0 Å². The van der Waals surface area contributed by atoms with Crippen molar-refractivity contribution in [2.45, 2.75) is 32.1 Å². The number of pyridine rings is 2. The van der Waals surface area contributed by atoms with Gasteiger partial charge in [-0.25, -0.2) is 9.97 Å². The smallest absolute Gasteiger partial charge is 0.252 e. The van der Waals surface area contributed by atoms with Gasteiger partial charge in [-0.05, 0) is 37.1 Å². The molecule has 6 rings (SSSR count). The number of nitrogens with one attached hydrogen (secondary N) is 2. The zero-order chi connectivity index (χ0) is 30.8. The molecule has 2 N–H and O–H groups in total. The molecule has 0 aliphatic heterocycles. The SMILES string of the molecule is O=C(NCCCCCCCNC(=O)c1cc(-c2ccccc2)nc2ccccc12)c1cc(-c2ccccc2)nc2ccccc12. The first-order chi connectivity index (χ1) is 22.2. The van der Waals surface area contributed by atoms with Gasteiger partial charge in [-0.15, -0.1) is 0 Å². The van der Waals surface area contributed by atoms with Crippen LogP contribution in [-0.2, 0) is 0 Å². The molecule has 2 aromatic heterocycles. The molecule has 6 heteroatoms. The van der Waals surface area contributed by atoms with Gasteiger partial charge in [0.15, 0.2) is 0 Å². The summed E-state index contributed by atoms with van der Waals surface area (Å²) in [6.07, 6.45) is 4.86. The Morgan fingerprint density at radius 2 is 0.844 bits per heavy atom. The Labute approximate surface area is 263 Å². The Bertz CT molecular complexity index is 1780. The van der Waals surface area contributed by atoms with E-state index in [0.717, 1.165) is 76.4 Å². The Balaban J connectivity index is 0.961. The third-order valence-corrected chi connectivity index (χ3v) is 7.99. The first-order valence-electron chi connectivity index (χ1n) is 15.6. The highest BCUT2D eigenvalue weighted by atomic mass is 16.2. The molecule has 224 valence electrons. The largest absolute Gasteiger partial charge is 0.352 e.